The summed E-state index contributed by atoms with van der Waals surface area (Å²) >= 11 is 0. The van der Waals surface area contributed by atoms with E-state index in [0.29, 0.717) is 6.04 Å². The maximum Gasteiger partial charge on any atom is 0.115 e. The van der Waals surface area contributed by atoms with E-state index in [2.05, 4.69) is 39.6 Å². The fourth-order valence-corrected chi connectivity index (χ4v) is 1.56. The van der Waals surface area contributed by atoms with Gasteiger partial charge in [0.2, 0.25) is 0 Å². The Balaban J connectivity index is 2.62. The van der Waals surface area contributed by atoms with Crippen LogP contribution in [0.2, 0.25) is 0 Å². The molecule has 1 saturated heterocycles. The second kappa shape index (κ2) is 2.76. The van der Waals surface area contributed by atoms with E-state index in [0.717, 1.165) is 6.61 Å². The normalized spacial score (nSPS) is 34.6. The van der Waals surface area contributed by atoms with Crippen molar-refractivity contribution in [3.8, 4) is 0 Å². The lowest BCUT2D eigenvalue weighted by Gasteiger charge is -2.32. The van der Waals surface area contributed by atoms with Gasteiger partial charge in [-0.2, -0.15) is 0 Å². The van der Waals surface area contributed by atoms with Gasteiger partial charge in [-0.25, -0.2) is 0 Å². The molecule has 1 aliphatic heterocycles. The van der Waals surface area contributed by atoms with Crippen LogP contribution in [0.4, 0.5) is 0 Å². The third kappa shape index (κ3) is 1.74. The fourth-order valence-electron chi connectivity index (χ4n) is 1.56. The lowest BCUT2D eigenvalue weighted by atomic mass is 9.93. The van der Waals surface area contributed by atoms with E-state index < -0.39 is 0 Å². The zero-order chi connectivity index (χ0) is 8.65. The quantitative estimate of drug-likeness (QED) is 0.531. The summed E-state index contributed by atoms with van der Waals surface area (Å²) in [5.41, 5.74) is 0.236. The Labute approximate surface area is 69.5 Å². The van der Waals surface area contributed by atoms with E-state index in [9.17, 15) is 0 Å². The third-order valence-corrected chi connectivity index (χ3v) is 2.30. The highest BCUT2D eigenvalue weighted by Crippen LogP contribution is 2.29. The van der Waals surface area contributed by atoms with E-state index in [1.54, 1.807) is 0 Å². The molecule has 66 valence electrons. The van der Waals surface area contributed by atoms with Gasteiger partial charge in [0.15, 0.2) is 0 Å². The number of rotatable bonds is 0. The maximum atomic E-state index is 5.67. The van der Waals surface area contributed by atoms with Crippen LogP contribution < -0.4 is 0 Å². The number of ether oxygens (including phenoxy) is 1. The third-order valence-electron chi connectivity index (χ3n) is 2.30. The van der Waals surface area contributed by atoms with Gasteiger partial charge in [-0.05, 0) is 14.0 Å². The van der Waals surface area contributed by atoms with E-state index >= 15 is 0 Å². The van der Waals surface area contributed by atoms with Crippen molar-refractivity contribution in [1.82, 2.24) is 4.90 Å². The highest BCUT2D eigenvalue weighted by Gasteiger charge is 2.36. The van der Waals surface area contributed by atoms with Gasteiger partial charge in [0, 0.05) is 11.5 Å². The molecule has 0 amide bonds. The summed E-state index contributed by atoms with van der Waals surface area (Å²) < 4.78 is 5.67. The lowest BCUT2D eigenvalue weighted by Crippen LogP contribution is -2.40. The largest absolute Gasteiger partial charge is 0.361 e. The molecule has 2 atom stereocenters. The average molecular weight is 157 g/mol. The van der Waals surface area contributed by atoms with Crippen molar-refractivity contribution in [2.75, 3.05) is 13.7 Å². The van der Waals surface area contributed by atoms with Gasteiger partial charge >= 0.3 is 0 Å². The van der Waals surface area contributed by atoms with Crippen molar-refractivity contribution >= 4 is 0 Å². The first-order chi connectivity index (χ1) is 4.93. The Morgan fingerprint density at radius 1 is 1.36 bits per heavy atom. The maximum absolute atomic E-state index is 5.67. The number of nitrogens with zero attached hydrogens (tertiary/aromatic N) is 1. The van der Waals surface area contributed by atoms with Crippen LogP contribution in [-0.2, 0) is 4.74 Å². The van der Waals surface area contributed by atoms with E-state index in [1.165, 1.54) is 0 Å². The highest BCUT2D eigenvalue weighted by atomic mass is 16.5. The Morgan fingerprint density at radius 2 is 1.91 bits per heavy atom. The number of hydrogen-bond donors (Lipinski definition) is 0. The summed E-state index contributed by atoms with van der Waals surface area (Å²) in [5.74, 6) is 0. The first-order valence-electron chi connectivity index (χ1n) is 4.26. The second-order valence-corrected chi connectivity index (χ2v) is 4.57. The molecule has 0 spiro atoms. The predicted octanol–water partition coefficient (Wildman–Crippen LogP) is 1.71. The topological polar surface area (TPSA) is 12.5 Å². The molecule has 2 heteroatoms. The van der Waals surface area contributed by atoms with Gasteiger partial charge < -0.3 is 4.74 Å². The molecule has 1 unspecified atom stereocenters. The molecule has 1 rings (SSSR count). The van der Waals surface area contributed by atoms with Crippen LogP contribution in [0, 0.1) is 5.41 Å². The molecule has 0 aromatic carbocycles. The fraction of sp³-hybridized carbons (Fsp3) is 1.00. The van der Waals surface area contributed by atoms with Crippen LogP contribution in [0.3, 0.4) is 0 Å². The molecule has 0 aliphatic carbocycles. The van der Waals surface area contributed by atoms with Crippen LogP contribution in [0.25, 0.3) is 0 Å². The second-order valence-electron chi connectivity index (χ2n) is 4.57. The minimum Gasteiger partial charge on any atom is -0.361 e. The van der Waals surface area contributed by atoms with Gasteiger partial charge in [0.1, 0.15) is 6.23 Å². The summed E-state index contributed by atoms with van der Waals surface area (Å²) in [6.07, 6.45) is 0.289. The zero-order valence-electron chi connectivity index (χ0n) is 8.22. The standard InChI is InChI=1S/C9H19NO/c1-7-6-11-8(10(7)5)9(2,3)4/h7-8H,6H2,1-5H3/t7-,8?/m1/s1. The molecule has 0 saturated carbocycles. The van der Waals surface area contributed by atoms with Crippen LogP contribution in [0.15, 0.2) is 0 Å². The first kappa shape index (κ1) is 9.01. The van der Waals surface area contributed by atoms with Gasteiger partial charge in [-0.1, -0.05) is 20.8 Å². The van der Waals surface area contributed by atoms with Crippen LogP contribution >= 0.6 is 0 Å². The van der Waals surface area contributed by atoms with Crippen molar-refractivity contribution in [1.29, 1.82) is 0 Å². The van der Waals surface area contributed by atoms with Crippen molar-refractivity contribution in [2.45, 2.75) is 40.0 Å². The molecule has 1 heterocycles. The summed E-state index contributed by atoms with van der Waals surface area (Å²) in [4.78, 5) is 2.31. The SMILES string of the molecule is C[C@@H]1COC(C(C)(C)C)N1C. The first-order valence-corrected chi connectivity index (χ1v) is 4.26. The highest BCUT2D eigenvalue weighted by molar-refractivity contribution is 4.82. The smallest absolute Gasteiger partial charge is 0.115 e. The molecule has 11 heavy (non-hydrogen) atoms. The molecule has 2 nitrogen and oxygen atoms in total. The van der Waals surface area contributed by atoms with Crippen LogP contribution in [0.5, 0.6) is 0 Å². The van der Waals surface area contributed by atoms with Crippen molar-refractivity contribution in [3.63, 3.8) is 0 Å². The summed E-state index contributed by atoms with van der Waals surface area (Å²) in [6.45, 7) is 9.72. The molecule has 1 fully saturated rings. The van der Waals surface area contributed by atoms with Crippen molar-refractivity contribution in [2.24, 2.45) is 5.41 Å². The van der Waals surface area contributed by atoms with Crippen LogP contribution in [0.1, 0.15) is 27.7 Å². The number of likely N-dealkylation sites (N-methyl/N-ethyl adjacent to an activating group) is 1. The Kier molecular flexibility index (Phi) is 2.26. The Bertz CT molecular complexity index is 139. The van der Waals surface area contributed by atoms with Gasteiger partial charge in [0.05, 0.1) is 6.61 Å². The summed E-state index contributed by atoms with van der Waals surface area (Å²) in [6, 6.07) is 0.569. The summed E-state index contributed by atoms with van der Waals surface area (Å²) in [7, 11) is 2.13. The molecule has 1 aliphatic rings. The molecule has 0 bridgehead atoms. The minimum atomic E-state index is 0.236. The van der Waals surface area contributed by atoms with Crippen molar-refractivity contribution < 1.29 is 4.74 Å². The van der Waals surface area contributed by atoms with Gasteiger partial charge in [-0.15, -0.1) is 0 Å². The molecular formula is C9H19NO. The van der Waals surface area contributed by atoms with E-state index in [4.69, 9.17) is 4.74 Å². The zero-order valence-corrected chi connectivity index (χ0v) is 8.22. The van der Waals surface area contributed by atoms with Gasteiger partial charge in [0.25, 0.3) is 0 Å². The molecule has 0 N–H and O–H groups in total. The van der Waals surface area contributed by atoms with E-state index in [-0.39, 0.29) is 11.6 Å². The molecule has 0 radical (unpaired) electrons. The molecule has 0 aromatic heterocycles. The van der Waals surface area contributed by atoms with Crippen molar-refractivity contribution in [3.05, 3.63) is 0 Å². The van der Waals surface area contributed by atoms with Gasteiger partial charge in [-0.3, -0.25) is 4.90 Å². The van der Waals surface area contributed by atoms with Crippen LogP contribution in [-0.4, -0.2) is 30.8 Å². The lowest BCUT2D eigenvalue weighted by molar-refractivity contribution is -0.0376. The predicted molar refractivity (Wildman–Crippen MR) is 46.4 cm³/mol. The molecular weight excluding hydrogens is 138 g/mol. The molecule has 0 aromatic rings. The number of hydrogen-bond acceptors (Lipinski definition) is 2. The van der Waals surface area contributed by atoms with E-state index in [1.807, 2.05) is 0 Å². The monoisotopic (exact) mass is 157 g/mol. The minimum absolute atomic E-state index is 0.236. The summed E-state index contributed by atoms with van der Waals surface area (Å²) in [5, 5.41) is 0. The Hall–Kier alpha value is -0.0800. The average Bonchev–Trinajstić information content (AvgIpc) is 2.11. The Morgan fingerprint density at radius 3 is 2.09 bits per heavy atom.